The summed E-state index contributed by atoms with van der Waals surface area (Å²) in [6, 6.07) is 1.58. The van der Waals surface area contributed by atoms with Gasteiger partial charge in [-0.25, -0.2) is 21.9 Å². The number of rotatable bonds is 6. The maximum absolute atomic E-state index is 13.7. The molecule has 0 aromatic heterocycles. The molecule has 0 aliphatic heterocycles. The van der Waals surface area contributed by atoms with Crippen LogP contribution in [0.2, 0.25) is 0 Å². The summed E-state index contributed by atoms with van der Waals surface area (Å²) in [6.45, 7) is -0.00955. The molecule has 0 saturated heterocycles. The van der Waals surface area contributed by atoms with E-state index in [0.29, 0.717) is 0 Å². The van der Waals surface area contributed by atoms with Crippen LogP contribution in [0.4, 0.5) is 14.5 Å². The third-order valence-electron chi connectivity index (χ3n) is 3.05. The minimum Gasteiger partial charge on any atom is -0.394 e. The molecule has 9 heteroatoms. The van der Waals surface area contributed by atoms with E-state index in [9.17, 15) is 22.0 Å². The molecule has 1 aromatic rings. The number of carbonyl (C=O) groups is 1. The van der Waals surface area contributed by atoms with Crippen molar-refractivity contribution in [3.8, 4) is 0 Å². The predicted octanol–water partition coefficient (Wildman–Crippen LogP) is 0.351. The number of benzene rings is 1. The molecule has 0 unspecified atom stereocenters. The summed E-state index contributed by atoms with van der Waals surface area (Å²) in [5, 5.41) is 2.56. The minimum absolute atomic E-state index is 0.0240. The van der Waals surface area contributed by atoms with Gasteiger partial charge in [0.05, 0.1) is 0 Å². The molecule has 1 saturated carbocycles. The van der Waals surface area contributed by atoms with Crippen molar-refractivity contribution in [2.24, 2.45) is 5.92 Å². The Kier molecular flexibility index (Phi) is 4.43. The van der Waals surface area contributed by atoms with Crippen molar-refractivity contribution in [2.75, 3.05) is 18.8 Å². The fraction of sp³-hybridized carbons (Fsp3) is 0.417. The van der Waals surface area contributed by atoms with Gasteiger partial charge in [0.25, 0.3) is 0 Å². The summed E-state index contributed by atoms with van der Waals surface area (Å²) in [4.78, 5) is 10.6. The fourth-order valence-electron chi connectivity index (χ4n) is 1.70. The fourth-order valence-corrected chi connectivity index (χ4v) is 2.81. The number of nitrogens with one attached hydrogen (secondary N) is 2. The van der Waals surface area contributed by atoms with E-state index in [1.165, 1.54) is 0 Å². The number of halogens is 2. The van der Waals surface area contributed by atoms with E-state index in [1.807, 2.05) is 0 Å². The van der Waals surface area contributed by atoms with Crippen molar-refractivity contribution >= 4 is 21.6 Å². The van der Waals surface area contributed by atoms with Gasteiger partial charge >= 0.3 is 0 Å². The Bertz CT molecular complexity index is 660. The van der Waals surface area contributed by atoms with Gasteiger partial charge in [0.2, 0.25) is 15.9 Å². The van der Waals surface area contributed by atoms with Crippen molar-refractivity contribution in [1.82, 2.24) is 10.0 Å². The maximum Gasteiger partial charge on any atom is 0.243 e. The van der Waals surface area contributed by atoms with Crippen LogP contribution in [0.5, 0.6) is 0 Å². The Morgan fingerprint density at radius 2 is 1.95 bits per heavy atom. The molecule has 116 valence electrons. The quantitative estimate of drug-likeness (QED) is 0.520. The molecule has 0 spiro atoms. The van der Waals surface area contributed by atoms with Gasteiger partial charge in [-0.2, -0.15) is 0 Å². The second-order valence-electron chi connectivity index (χ2n) is 4.74. The van der Waals surface area contributed by atoms with Crippen molar-refractivity contribution in [3.63, 3.8) is 0 Å². The lowest BCUT2D eigenvalue weighted by Crippen LogP contribution is -2.35. The normalized spacial score (nSPS) is 15.0. The second-order valence-corrected chi connectivity index (χ2v) is 6.47. The molecule has 1 fully saturated rings. The van der Waals surface area contributed by atoms with Gasteiger partial charge < -0.3 is 11.1 Å². The third kappa shape index (κ3) is 3.67. The molecule has 2 rings (SSSR count). The molecular formula is C12H15F2N3O3S. The average molecular weight is 319 g/mol. The molecule has 0 heterocycles. The lowest BCUT2D eigenvalue weighted by Gasteiger charge is -2.10. The molecule has 4 N–H and O–H groups in total. The zero-order valence-corrected chi connectivity index (χ0v) is 11.8. The van der Waals surface area contributed by atoms with Crippen molar-refractivity contribution in [3.05, 3.63) is 23.8 Å². The second kappa shape index (κ2) is 5.94. The van der Waals surface area contributed by atoms with Gasteiger partial charge in [-0.3, -0.25) is 4.79 Å². The lowest BCUT2D eigenvalue weighted by molar-refractivity contribution is -0.122. The van der Waals surface area contributed by atoms with Crippen LogP contribution in [-0.4, -0.2) is 27.4 Å². The number of nitrogen functional groups attached to an aromatic ring is 1. The first-order valence-electron chi connectivity index (χ1n) is 6.34. The molecule has 1 amide bonds. The summed E-state index contributed by atoms with van der Waals surface area (Å²) in [7, 11) is -4.16. The number of carbonyl (C=O) groups excluding carboxylic acids is 1. The molecule has 1 aliphatic carbocycles. The highest BCUT2D eigenvalue weighted by molar-refractivity contribution is 7.89. The van der Waals surface area contributed by atoms with Crippen LogP contribution in [0.1, 0.15) is 12.8 Å². The summed E-state index contributed by atoms with van der Waals surface area (Å²) in [6.07, 6.45) is 1.69. The SMILES string of the molecule is Nc1c(F)ccc(S(=O)(=O)NCCNC(=O)C2CC2)c1F. The lowest BCUT2D eigenvalue weighted by atomic mass is 10.3. The smallest absolute Gasteiger partial charge is 0.243 e. The first-order valence-corrected chi connectivity index (χ1v) is 7.82. The standard InChI is InChI=1S/C12H15F2N3O3S/c13-8-3-4-9(10(14)11(8)15)21(19,20)17-6-5-16-12(18)7-1-2-7/h3-4,7,17H,1-2,5-6,15H2,(H,16,18). The van der Waals surface area contributed by atoms with Gasteiger partial charge in [-0.1, -0.05) is 0 Å². The molecule has 0 atom stereocenters. The first-order chi connectivity index (χ1) is 9.83. The highest BCUT2D eigenvalue weighted by atomic mass is 32.2. The van der Waals surface area contributed by atoms with Crippen LogP contribution in [-0.2, 0) is 14.8 Å². The Labute approximate surface area is 120 Å². The first kappa shape index (κ1) is 15.6. The third-order valence-corrected chi connectivity index (χ3v) is 4.52. The number of nitrogens with two attached hydrogens (primary N) is 1. The number of sulfonamides is 1. The highest BCUT2D eigenvalue weighted by Crippen LogP contribution is 2.28. The Hall–Kier alpha value is -1.74. The number of hydrogen-bond donors (Lipinski definition) is 3. The zero-order valence-electron chi connectivity index (χ0n) is 11.0. The van der Waals surface area contributed by atoms with Crippen LogP contribution in [0.25, 0.3) is 0 Å². The molecule has 1 aliphatic rings. The van der Waals surface area contributed by atoms with E-state index in [2.05, 4.69) is 10.0 Å². The summed E-state index contributed by atoms with van der Waals surface area (Å²) in [5.74, 6) is -2.45. The summed E-state index contributed by atoms with van der Waals surface area (Å²) < 4.78 is 52.5. The van der Waals surface area contributed by atoms with Gasteiger partial charge in [0.15, 0.2) is 5.82 Å². The topological polar surface area (TPSA) is 101 Å². The Balaban J connectivity index is 1.95. The molecular weight excluding hydrogens is 304 g/mol. The van der Waals surface area contributed by atoms with Gasteiger partial charge in [0.1, 0.15) is 16.4 Å². The molecule has 0 bridgehead atoms. The van der Waals surface area contributed by atoms with E-state index in [0.717, 1.165) is 25.0 Å². The van der Waals surface area contributed by atoms with E-state index < -0.39 is 32.2 Å². The van der Waals surface area contributed by atoms with E-state index >= 15 is 0 Å². The predicted molar refractivity (Wildman–Crippen MR) is 71.7 cm³/mol. The molecule has 0 radical (unpaired) electrons. The molecule has 21 heavy (non-hydrogen) atoms. The van der Waals surface area contributed by atoms with E-state index in [-0.39, 0.29) is 24.9 Å². The van der Waals surface area contributed by atoms with Gasteiger partial charge in [-0.15, -0.1) is 0 Å². The number of anilines is 1. The number of hydrogen-bond acceptors (Lipinski definition) is 4. The van der Waals surface area contributed by atoms with E-state index in [1.54, 1.807) is 0 Å². The molecule has 6 nitrogen and oxygen atoms in total. The largest absolute Gasteiger partial charge is 0.394 e. The van der Waals surface area contributed by atoms with Crippen molar-refractivity contribution < 1.29 is 22.0 Å². The van der Waals surface area contributed by atoms with Crippen LogP contribution in [0.15, 0.2) is 17.0 Å². The van der Waals surface area contributed by atoms with Gasteiger partial charge in [0, 0.05) is 19.0 Å². The Morgan fingerprint density at radius 1 is 1.29 bits per heavy atom. The van der Waals surface area contributed by atoms with E-state index in [4.69, 9.17) is 5.73 Å². The van der Waals surface area contributed by atoms with Crippen molar-refractivity contribution in [1.29, 1.82) is 0 Å². The monoisotopic (exact) mass is 319 g/mol. The summed E-state index contributed by atoms with van der Waals surface area (Å²) in [5.41, 5.74) is 4.27. The van der Waals surface area contributed by atoms with Crippen LogP contribution < -0.4 is 15.8 Å². The molecule has 1 aromatic carbocycles. The van der Waals surface area contributed by atoms with Crippen molar-refractivity contribution in [2.45, 2.75) is 17.7 Å². The minimum atomic E-state index is -4.16. The maximum atomic E-state index is 13.7. The summed E-state index contributed by atoms with van der Waals surface area (Å²) >= 11 is 0. The van der Waals surface area contributed by atoms with Crippen LogP contribution >= 0.6 is 0 Å². The average Bonchev–Trinajstić information content (AvgIpc) is 3.25. The van der Waals surface area contributed by atoms with Crippen LogP contribution in [0, 0.1) is 17.6 Å². The number of amides is 1. The van der Waals surface area contributed by atoms with Gasteiger partial charge in [-0.05, 0) is 25.0 Å². The highest BCUT2D eigenvalue weighted by Gasteiger charge is 2.29. The zero-order chi connectivity index (χ0) is 15.6. The van der Waals surface area contributed by atoms with Crippen LogP contribution in [0.3, 0.4) is 0 Å². The Morgan fingerprint density at radius 3 is 2.57 bits per heavy atom.